The number of rotatable bonds is 2. The fourth-order valence-electron chi connectivity index (χ4n) is 2.54. The SMILES string of the molecule is O=C(/C=C/c1cc[c]c(C(F)(F)F)c1C(F)(F)F)N1CCC(O)CC1. The maximum absolute atomic E-state index is 13.1. The van der Waals surface area contributed by atoms with Crippen LogP contribution in [0.15, 0.2) is 18.2 Å². The summed E-state index contributed by atoms with van der Waals surface area (Å²) in [7, 11) is 0. The van der Waals surface area contributed by atoms with Crippen LogP contribution in [0.25, 0.3) is 6.08 Å². The van der Waals surface area contributed by atoms with Gasteiger partial charge >= 0.3 is 12.4 Å². The fourth-order valence-corrected chi connectivity index (χ4v) is 2.54. The van der Waals surface area contributed by atoms with Crippen LogP contribution in [0.1, 0.15) is 29.5 Å². The number of hydrogen-bond acceptors (Lipinski definition) is 2. The van der Waals surface area contributed by atoms with Gasteiger partial charge in [0.05, 0.1) is 17.2 Å². The monoisotopic (exact) mass is 366 g/mol. The van der Waals surface area contributed by atoms with Crippen LogP contribution < -0.4 is 0 Å². The van der Waals surface area contributed by atoms with Crippen LogP contribution in [0, 0.1) is 6.07 Å². The zero-order valence-corrected chi connectivity index (χ0v) is 12.8. The van der Waals surface area contributed by atoms with E-state index in [4.69, 9.17) is 0 Å². The van der Waals surface area contributed by atoms with Gasteiger partial charge in [-0.15, -0.1) is 0 Å². The van der Waals surface area contributed by atoms with E-state index < -0.39 is 41.1 Å². The van der Waals surface area contributed by atoms with E-state index in [1.807, 2.05) is 0 Å². The smallest absolute Gasteiger partial charge is 0.393 e. The predicted octanol–water partition coefficient (Wildman–Crippen LogP) is 3.52. The van der Waals surface area contributed by atoms with Gasteiger partial charge < -0.3 is 10.0 Å². The molecule has 1 aromatic carbocycles. The molecule has 1 aliphatic rings. The molecule has 0 bridgehead atoms. The average Bonchev–Trinajstić information content (AvgIpc) is 2.51. The molecule has 1 amide bonds. The molecule has 3 nitrogen and oxygen atoms in total. The molecule has 1 aromatic rings. The first kappa shape index (κ1) is 19.3. The van der Waals surface area contributed by atoms with E-state index in [2.05, 4.69) is 0 Å². The highest BCUT2D eigenvalue weighted by molar-refractivity contribution is 5.92. The largest absolute Gasteiger partial charge is 0.417 e. The van der Waals surface area contributed by atoms with Crippen molar-refractivity contribution in [3.8, 4) is 0 Å². The molecule has 1 heterocycles. The highest BCUT2D eigenvalue weighted by atomic mass is 19.4. The quantitative estimate of drug-likeness (QED) is 0.643. The number of carbonyl (C=O) groups excluding carboxylic acids is 1. The molecular formula is C16H14F6NO2. The third-order valence-electron chi connectivity index (χ3n) is 3.78. The summed E-state index contributed by atoms with van der Waals surface area (Å²) in [5, 5.41) is 9.36. The van der Waals surface area contributed by atoms with Gasteiger partial charge in [-0.3, -0.25) is 4.79 Å². The fraction of sp³-hybridized carbons (Fsp3) is 0.438. The standard InChI is InChI=1S/C16H14F6NO2/c17-15(18,19)12-3-1-2-10(14(12)16(20,21)22)4-5-13(25)23-8-6-11(24)7-9-23/h1-2,4-5,11,24H,6-9H2/b5-4+. The molecule has 0 aromatic heterocycles. The number of nitrogens with zero attached hydrogens (tertiary/aromatic N) is 1. The Labute approximate surface area is 139 Å². The molecule has 25 heavy (non-hydrogen) atoms. The van der Waals surface area contributed by atoms with Crippen molar-refractivity contribution in [3.63, 3.8) is 0 Å². The Kier molecular flexibility index (Phi) is 5.46. The normalized spacial score (nSPS) is 17.3. The van der Waals surface area contributed by atoms with E-state index >= 15 is 0 Å². The number of amides is 1. The lowest BCUT2D eigenvalue weighted by Gasteiger charge is -2.28. The first-order chi connectivity index (χ1) is 11.5. The van der Waals surface area contributed by atoms with Crippen molar-refractivity contribution in [2.24, 2.45) is 0 Å². The Morgan fingerprint density at radius 2 is 1.76 bits per heavy atom. The van der Waals surface area contributed by atoms with Gasteiger partial charge in [0.15, 0.2) is 0 Å². The highest BCUT2D eigenvalue weighted by Gasteiger charge is 2.44. The molecular weight excluding hydrogens is 352 g/mol. The molecule has 0 saturated carbocycles. The van der Waals surface area contributed by atoms with Crippen molar-refractivity contribution in [3.05, 3.63) is 41.0 Å². The summed E-state index contributed by atoms with van der Waals surface area (Å²) in [4.78, 5) is 13.3. The molecule has 0 atom stereocenters. The lowest BCUT2D eigenvalue weighted by atomic mass is 9.99. The summed E-state index contributed by atoms with van der Waals surface area (Å²) in [6.07, 6.45) is -8.80. The van der Waals surface area contributed by atoms with Crippen molar-refractivity contribution in [1.82, 2.24) is 4.90 Å². The zero-order chi connectivity index (χ0) is 18.8. The molecule has 137 valence electrons. The first-order valence-electron chi connectivity index (χ1n) is 7.34. The van der Waals surface area contributed by atoms with Crippen molar-refractivity contribution in [2.75, 3.05) is 13.1 Å². The predicted molar refractivity (Wildman–Crippen MR) is 76.1 cm³/mol. The van der Waals surface area contributed by atoms with Crippen LogP contribution in [0.4, 0.5) is 26.3 Å². The summed E-state index contributed by atoms with van der Waals surface area (Å²) in [5.74, 6) is -0.624. The van der Waals surface area contributed by atoms with Crippen LogP contribution in [-0.4, -0.2) is 35.1 Å². The summed E-state index contributed by atoms with van der Waals surface area (Å²) >= 11 is 0. The number of aliphatic hydroxyl groups is 1. The molecule has 0 aliphatic carbocycles. The molecule has 1 saturated heterocycles. The molecule has 2 rings (SSSR count). The lowest BCUT2D eigenvalue weighted by molar-refractivity contribution is -0.162. The Hall–Kier alpha value is -2.03. The van der Waals surface area contributed by atoms with Crippen molar-refractivity contribution < 1.29 is 36.2 Å². The average molecular weight is 366 g/mol. The minimum Gasteiger partial charge on any atom is -0.393 e. The highest BCUT2D eigenvalue weighted by Crippen LogP contribution is 2.42. The third-order valence-corrected chi connectivity index (χ3v) is 3.78. The second kappa shape index (κ2) is 7.07. The Morgan fingerprint density at radius 3 is 2.28 bits per heavy atom. The second-order valence-electron chi connectivity index (χ2n) is 5.57. The van der Waals surface area contributed by atoms with Gasteiger partial charge in [-0.25, -0.2) is 0 Å². The van der Waals surface area contributed by atoms with Gasteiger partial charge in [0.25, 0.3) is 0 Å². The van der Waals surface area contributed by atoms with E-state index in [9.17, 15) is 36.2 Å². The molecule has 1 aliphatic heterocycles. The Balaban J connectivity index is 2.31. The van der Waals surface area contributed by atoms with Gasteiger partial charge in [0.2, 0.25) is 5.91 Å². The van der Waals surface area contributed by atoms with Gasteiger partial charge in [0.1, 0.15) is 0 Å². The number of likely N-dealkylation sites (tertiary alicyclic amines) is 1. The molecule has 1 fully saturated rings. The van der Waals surface area contributed by atoms with Gasteiger partial charge in [-0.1, -0.05) is 12.1 Å². The van der Waals surface area contributed by atoms with Crippen LogP contribution in [0.3, 0.4) is 0 Å². The minimum atomic E-state index is -5.25. The number of piperidine rings is 1. The van der Waals surface area contributed by atoms with E-state index in [0.29, 0.717) is 12.8 Å². The van der Waals surface area contributed by atoms with E-state index in [1.165, 1.54) is 4.90 Å². The maximum Gasteiger partial charge on any atom is 0.417 e. The van der Waals surface area contributed by atoms with E-state index in [-0.39, 0.29) is 13.1 Å². The molecule has 1 radical (unpaired) electrons. The topological polar surface area (TPSA) is 40.5 Å². The van der Waals surface area contributed by atoms with Crippen molar-refractivity contribution in [2.45, 2.75) is 31.3 Å². The van der Waals surface area contributed by atoms with Gasteiger partial charge in [0, 0.05) is 19.2 Å². The Morgan fingerprint density at radius 1 is 1.16 bits per heavy atom. The van der Waals surface area contributed by atoms with Crippen molar-refractivity contribution in [1.29, 1.82) is 0 Å². The molecule has 9 heteroatoms. The number of alkyl halides is 6. The summed E-state index contributed by atoms with van der Waals surface area (Å²) in [5.41, 5.74) is -4.56. The van der Waals surface area contributed by atoms with Crippen LogP contribution in [0.5, 0.6) is 0 Å². The number of aliphatic hydroxyl groups excluding tert-OH is 1. The summed E-state index contributed by atoms with van der Waals surface area (Å²) in [6.45, 7) is 0.458. The van der Waals surface area contributed by atoms with Crippen LogP contribution >= 0.6 is 0 Å². The Bertz CT molecular complexity index is 658. The molecule has 1 N–H and O–H groups in total. The molecule has 0 unspecified atom stereocenters. The van der Waals surface area contributed by atoms with Crippen molar-refractivity contribution >= 4 is 12.0 Å². The van der Waals surface area contributed by atoms with Gasteiger partial charge in [-0.05, 0) is 30.5 Å². The van der Waals surface area contributed by atoms with E-state index in [0.717, 1.165) is 24.3 Å². The second-order valence-corrected chi connectivity index (χ2v) is 5.57. The number of benzene rings is 1. The number of carbonyl (C=O) groups is 1. The number of halogens is 6. The minimum absolute atomic E-state index is 0.229. The first-order valence-corrected chi connectivity index (χ1v) is 7.34. The zero-order valence-electron chi connectivity index (χ0n) is 12.8. The summed E-state index contributed by atoms with van der Waals surface area (Å²) in [6, 6.07) is 3.13. The van der Waals surface area contributed by atoms with Gasteiger partial charge in [-0.2, -0.15) is 26.3 Å². The lowest BCUT2D eigenvalue weighted by Crippen LogP contribution is -2.39. The molecule has 0 spiro atoms. The van der Waals surface area contributed by atoms with Crippen LogP contribution in [0.2, 0.25) is 0 Å². The number of hydrogen-bond donors (Lipinski definition) is 1. The summed E-state index contributed by atoms with van der Waals surface area (Å²) < 4.78 is 77.7. The maximum atomic E-state index is 13.1. The third kappa shape index (κ3) is 4.75. The van der Waals surface area contributed by atoms with E-state index in [1.54, 1.807) is 6.07 Å². The van der Waals surface area contributed by atoms with Crippen LogP contribution in [-0.2, 0) is 17.1 Å².